The number of hydrogen-bond acceptors (Lipinski definition) is 7. The van der Waals surface area contributed by atoms with E-state index in [0.717, 1.165) is 19.3 Å². The molecule has 0 aromatic carbocycles. The lowest BCUT2D eigenvalue weighted by Crippen LogP contribution is -2.33. The third kappa shape index (κ3) is 4.25. The quantitative estimate of drug-likeness (QED) is 0.328. The van der Waals surface area contributed by atoms with Crippen LogP contribution in [0.3, 0.4) is 0 Å². The highest BCUT2D eigenvalue weighted by atomic mass is 16.6. The van der Waals surface area contributed by atoms with E-state index in [1.165, 1.54) is 0 Å². The molecule has 0 saturated heterocycles. The number of aryl methyl sites for hydroxylation is 1. The Bertz CT molecular complexity index is 492. The van der Waals surface area contributed by atoms with E-state index in [4.69, 9.17) is 5.84 Å². The Balaban J connectivity index is 3.26. The van der Waals surface area contributed by atoms with E-state index >= 15 is 0 Å². The molecule has 0 atom stereocenters. The number of nitrogens with one attached hydrogen (secondary N) is 1. The highest BCUT2D eigenvalue weighted by molar-refractivity contribution is 5.62. The van der Waals surface area contributed by atoms with Crippen LogP contribution in [-0.4, -0.2) is 27.5 Å². The molecule has 0 unspecified atom stereocenters. The molecule has 0 fully saturated rings. The van der Waals surface area contributed by atoms with Crippen LogP contribution >= 0.6 is 0 Å². The van der Waals surface area contributed by atoms with Gasteiger partial charge in [0, 0.05) is 12.6 Å². The second-order valence-corrected chi connectivity index (χ2v) is 5.20. The molecule has 0 bridgehead atoms. The summed E-state index contributed by atoms with van der Waals surface area (Å²) < 4.78 is 0. The molecule has 1 heterocycles. The third-order valence-corrected chi connectivity index (χ3v) is 3.25. The topological polar surface area (TPSA) is 110 Å². The molecule has 21 heavy (non-hydrogen) atoms. The Morgan fingerprint density at radius 3 is 2.52 bits per heavy atom. The van der Waals surface area contributed by atoms with Crippen LogP contribution in [-0.2, 0) is 0 Å². The lowest BCUT2D eigenvalue weighted by molar-refractivity contribution is -0.385. The van der Waals surface area contributed by atoms with Crippen LogP contribution in [0.1, 0.15) is 45.7 Å². The highest BCUT2D eigenvalue weighted by Crippen LogP contribution is 2.31. The summed E-state index contributed by atoms with van der Waals surface area (Å²) in [4.78, 5) is 21.1. The summed E-state index contributed by atoms with van der Waals surface area (Å²) in [7, 11) is 0. The zero-order valence-electron chi connectivity index (χ0n) is 13.1. The summed E-state index contributed by atoms with van der Waals surface area (Å²) in [6.07, 6.45) is 3.12. The second-order valence-electron chi connectivity index (χ2n) is 5.20. The Labute approximate surface area is 124 Å². The number of unbranched alkanes of at least 4 members (excludes halogenated alkanes) is 2. The van der Waals surface area contributed by atoms with Gasteiger partial charge in [-0.15, -0.1) is 0 Å². The number of nitro groups is 1. The third-order valence-electron chi connectivity index (χ3n) is 3.25. The Kier molecular flexibility index (Phi) is 6.29. The summed E-state index contributed by atoms with van der Waals surface area (Å²) in [5, 5.41) is 11.3. The van der Waals surface area contributed by atoms with Crippen molar-refractivity contribution >= 4 is 17.5 Å². The van der Waals surface area contributed by atoms with Gasteiger partial charge in [0.2, 0.25) is 11.8 Å². The van der Waals surface area contributed by atoms with E-state index in [1.807, 2.05) is 18.7 Å². The molecule has 8 nitrogen and oxygen atoms in total. The van der Waals surface area contributed by atoms with Gasteiger partial charge in [-0.05, 0) is 27.2 Å². The van der Waals surface area contributed by atoms with Crippen molar-refractivity contribution in [3.05, 3.63) is 15.8 Å². The van der Waals surface area contributed by atoms with E-state index in [9.17, 15) is 10.1 Å². The van der Waals surface area contributed by atoms with Crippen molar-refractivity contribution < 1.29 is 4.92 Å². The highest BCUT2D eigenvalue weighted by Gasteiger charge is 2.27. The first kappa shape index (κ1) is 17.1. The lowest BCUT2D eigenvalue weighted by atomic mass is 10.2. The van der Waals surface area contributed by atoms with Crippen molar-refractivity contribution in [1.82, 2.24) is 9.97 Å². The Morgan fingerprint density at radius 1 is 1.38 bits per heavy atom. The first-order valence-electron chi connectivity index (χ1n) is 7.18. The van der Waals surface area contributed by atoms with Gasteiger partial charge in [-0.1, -0.05) is 19.8 Å². The van der Waals surface area contributed by atoms with Gasteiger partial charge in [0.1, 0.15) is 5.69 Å². The molecule has 1 aromatic heterocycles. The standard InChI is InChI=1S/C13H24N6O2/c1-5-6-7-8-18(9(2)3)12-11(19(20)21)10(4)15-13(16-12)17-14/h9H,5-8,14H2,1-4H3,(H,15,16,17). The van der Waals surface area contributed by atoms with Gasteiger partial charge in [0.05, 0.1) is 4.92 Å². The summed E-state index contributed by atoms with van der Waals surface area (Å²) in [5.41, 5.74) is 2.61. The van der Waals surface area contributed by atoms with Gasteiger partial charge in [-0.2, -0.15) is 4.98 Å². The first-order valence-corrected chi connectivity index (χ1v) is 7.18. The van der Waals surface area contributed by atoms with Crippen LogP contribution in [0.25, 0.3) is 0 Å². The van der Waals surface area contributed by atoms with Gasteiger partial charge in [0.25, 0.3) is 0 Å². The van der Waals surface area contributed by atoms with E-state index in [-0.39, 0.29) is 17.7 Å². The maximum absolute atomic E-state index is 11.3. The van der Waals surface area contributed by atoms with Crippen LogP contribution in [0.5, 0.6) is 0 Å². The molecule has 0 saturated carbocycles. The fourth-order valence-electron chi connectivity index (χ4n) is 2.17. The molecule has 1 aromatic rings. The SMILES string of the molecule is CCCCCN(c1nc(NN)nc(C)c1[N+](=O)[O-])C(C)C. The van der Waals surface area contributed by atoms with Crippen molar-refractivity contribution in [2.45, 2.75) is 53.0 Å². The van der Waals surface area contributed by atoms with Crippen molar-refractivity contribution in [2.24, 2.45) is 5.84 Å². The van der Waals surface area contributed by atoms with Crippen LogP contribution in [0.2, 0.25) is 0 Å². The van der Waals surface area contributed by atoms with Crippen molar-refractivity contribution in [1.29, 1.82) is 0 Å². The zero-order chi connectivity index (χ0) is 16.0. The van der Waals surface area contributed by atoms with Crippen molar-refractivity contribution in [3.63, 3.8) is 0 Å². The van der Waals surface area contributed by atoms with Crippen molar-refractivity contribution in [3.8, 4) is 0 Å². The van der Waals surface area contributed by atoms with E-state index in [2.05, 4.69) is 22.3 Å². The van der Waals surface area contributed by atoms with E-state index in [1.54, 1.807) is 6.92 Å². The molecule has 3 N–H and O–H groups in total. The molecule has 0 aliphatic heterocycles. The first-order chi connectivity index (χ1) is 9.92. The molecule has 1 rings (SSSR count). The molecule has 0 spiro atoms. The number of nitrogens with two attached hydrogens (primary N) is 1. The molecule has 8 heteroatoms. The number of anilines is 2. The molecule has 0 aliphatic carbocycles. The summed E-state index contributed by atoms with van der Waals surface area (Å²) in [5.74, 6) is 5.86. The van der Waals surface area contributed by atoms with E-state index < -0.39 is 4.92 Å². The smallest absolute Gasteiger partial charge is 0.332 e. The molecule has 0 amide bonds. The minimum atomic E-state index is -0.430. The predicted octanol–water partition coefficient (Wildman–Crippen LogP) is 2.38. The van der Waals surface area contributed by atoms with Crippen molar-refractivity contribution in [2.75, 3.05) is 16.9 Å². The lowest BCUT2D eigenvalue weighted by Gasteiger charge is -2.28. The van der Waals surface area contributed by atoms with Gasteiger partial charge < -0.3 is 4.90 Å². The second kappa shape index (κ2) is 7.72. The zero-order valence-corrected chi connectivity index (χ0v) is 13.1. The fourth-order valence-corrected chi connectivity index (χ4v) is 2.17. The molecule has 0 aliphatic rings. The number of nitrogen functional groups attached to an aromatic ring is 1. The van der Waals surface area contributed by atoms with Gasteiger partial charge in [-0.3, -0.25) is 15.5 Å². The minimum absolute atomic E-state index is 0.0563. The molecule has 118 valence electrons. The Morgan fingerprint density at radius 2 is 2.05 bits per heavy atom. The summed E-state index contributed by atoms with van der Waals surface area (Å²) >= 11 is 0. The number of hydrogen-bond donors (Lipinski definition) is 2. The van der Waals surface area contributed by atoms with Crippen LogP contribution in [0, 0.1) is 17.0 Å². The van der Waals surface area contributed by atoms with Gasteiger partial charge in [0.15, 0.2) is 0 Å². The largest absolute Gasteiger partial charge is 0.348 e. The maximum Gasteiger partial charge on any atom is 0.332 e. The minimum Gasteiger partial charge on any atom is -0.348 e. The average molecular weight is 296 g/mol. The summed E-state index contributed by atoms with van der Waals surface area (Å²) in [6, 6.07) is 0.0977. The number of aromatic nitrogens is 2. The molecular weight excluding hydrogens is 272 g/mol. The average Bonchev–Trinajstić information content (AvgIpc) is 2.41. The predicted molar refractivity (Wildman–Crippen MR) is 83.2 cm³/mol. The number of nitrogens with zero attached hydrogens (tertiary/aromatic N) is 4. The van der Waals surface area contributed by atoms with Gasteiger partial charge >= 0.3 is 5.69 Å². The van der Waals surface area contributed by atoms with Crippen LogP contribution in [0.15, 0.2) is 0 Å². The summed E-state index contributed by atoms with van der Waals surface area (Å²) in [6.45, 7) is 8.40. The van der Waals surface area contributed by atoms with Crippen LogP contribution in [0.4, 0.5) is 17.5 Å². The number of hydrazine groups is 1. The maximum atomic E-state index is 11.3. The Hall–Kier alpha value is -1.96. The fraction of sp³-hybridized carbons (Fsp3) is 0.692. The monoisotopic (exact) mass is 296 g/mol. The normalized spacial score (nSPS) is 10.8. The van der Waals surface area contributed by atoms with Crippen LogP contribution < -0.4 is 16.2 Å². The molecule has 0 radical (unpaired) electrons. The van der Waals surface area contributed by atoms with E-state index in [0.29, 0.717) is 18.1 Å². The van der Waals surface area contributed by atoms with Gasteiger partial charge in [-0.25, -0.2) is 10.8 Å². The molecular formula is C13H24N6O2. The number of rotatable bonds is 8.